The van der Waals surface area contributed by atoms with Crippen molar-refractivity contribution in [1.29, 1.82) is 0 Å². The van der Waals surface area contributed by atoms with Crippen molar-refractivity contribution in [2.24, 2.45) is 0 Å². The standard InChI is InChI=1S/C7H13BrN2/c1-6(2)10-4-3-9-5-7(10)8/h3-4,6-7,9H,5H2,1-2H3. The number of nitrogens with one attached hydrogen (secondary N) is 1. The minimum absolute atomic E-state index is 0.442. The summed E-state index contributed by atoms with van der Waals surface area (Å²) in [5.74, 6) is 0. The highest BCUT2D eigenvalue weighted by molar-refractivity contribution is 9.09. The summed E-state index contributed by atoms with van der Waals surface area (Å²) >= 11 is 3.57. The molecule has 0 spiro atoms. The van der Waals surface area contributed by atoms with Crippen molar-refractivity contribution in [3.05, 3.63) is 12.4 Å². The van der Waals surface area contributed by atoms with Crippen LogP contribution in [0.3, 0.4) is 0 Å². The molecule has 3 heteroatoms. The predicted molar refractivity (Wildman–Crippen MR) is 46.8 cm³/mol. The van der Waals surface area contributed by atoms with Crippen molar-refractivity contribution in [3.8, 4) is 0 Å². The fraction of sp³-hybridized carbons (Fsp3) is 0.714. The number of hydrogen-bond acceptors (Lipinski definition) is 2. The molecule has 0 bridgehead atoms. The largest absolute Gasteiger partial charge is 0.387 e. The van der Waals surface area contributed by atoms with E-state index in [9.17, 15) is 0 Å². The Labute approximate surface area is 70.4 Å². The second kappa shape index (κ2) is 3.28. The second-order valence-corrected chi connectivity index (χ2v) is 3.76. The van der Waals surface area contributed by atoms with Crippen LogP contribution in [-0.4, -0.2) is 22.4 Å². The van der Waals surface area contributed by atoms with Crippen LogP contribution in [0.2, 0.25) is 0 Å². The van der Waals surface area contributed by atoms with Crippen LogP contribution < -0.4 is 5.32 Å². The summed E-state index contributed by atoms with van der Waals surface area (Å²) in [4.78, 5) is 2.72. The van der Waals surface area contributed by atoms with E-state index < -0.39 is 0 Å². The molecule has 1 atom stereocenters. The van der Waals surface area contributed by atoms with E-state index in [1.165, 1.54) is 0 Å². The monoisotopic (exact) mass is 204 g/mol. The Morgan fingerprint density at radius 2 is 2.40 bits per heavy atom. The topological polar surface area (TPSA) is 15.3 Å². The molecule has 1 N–H and O–H groups in total. The van der Waals surface area contributed by atoms with Crippen LogP contribution in [0.25, 0.3) is 0 Å². The third-order valence-electron chi connectivity index (χ3n) is 1.57. The summed E-state index contributed by atoms with van der Waals surface area (Å²) in [5.41, 5.74) is 0. The number of rotatable bonds is 1. The highest BCUT2D eigenvalue weighted by Crippen LogP contribution is 2.13. The molecule has 0 aromatic rings. The Morgan fingerprint density at radius 1 is 1.70 bits per heavy atom. The van der Waals surface area contributed by atoms with Crippen molar-refractivity contribution in [2.75, 3.05) is 6.54 Å². The number of hydrogen-bond donors (Lipinski definition) is 1. The molecule has 0 aromatic carbocycles. The van der Waals surface area contributed by atoms with Crippen molar-refractivity contribution >= 4 is 15.9 Å². The summed E-state index contributed by atoms with van der Waals surface area (Å²) in [6.45, 7) is 5.35. The molecule has 1 unspecified atom stereocenters. The fourth-order valence-electron chi connectivity index (χ4n) is 0.998. The van der Waals surface area contributed by atoms with Gasteiger partial charge in [0.25, 0.3) is 0 Å². The van der Waals surface area contributed by atoms with Gasteiger partial charge < -0.3 is 10.2 Å². The lowest BCUT2D eigenvalue weighted by atomic mass is 10.3. The molecular weight excluding hydrogens is 192 g/mol. The van der Waals surface area contributed by atoms with Gasteiger partial charge in [0.2, 0.25) is 0 Å². The van der Waals surface area contributed by atoms with Crippen LogP contribution in [-0.2, 0) is 0 Å². The summed E-state index contributed by atoms with van der Waals surface area (Å²) in [5, 5.41) is 3.15. The lowest BCUT2D eigenvalue weighted by Crippen LogP contribution is -2.41. The molecule has 0 radical (unpaired) electrons. The van der Waals surface area contributed by atoms with E-state index in [0.717, 1.165) is 6.54 Å². The Kier molecular flexibility index (Phi) is 2.60. The maximum absolute atomic E-state index is 3.57. The van der Waals surface area contributed by atoms with Gasteiger partial charge in [-0.2, -0.15) is 0 Å². The average molecular weight is 205 g/mol. The summed E-state index contributed by atoms with van der Waals surface area (Å²) in [7, 11) is 0. The molecule has 1 heterocycles. The van der Waals surface area contributed by atoms with E-state index in [1.807, 2.05) is 6.20 Å². The SMILES string of the molecule is CC(C)N1C=CNCC1Br. The van der Waals surface area contributed by atoms with Crippen LogP contribution in [0.15, 0.2) is 12.4 Å². The van der Waals surface area contributed by atoms with Gasteiger partial charge in [-0.25, -0.2) is 0 Å². The molecule has 1 rings (SSSR count). The van der Waals surface area contributed by atoms with Gasteiger partial charge in [-0.15, -0.1) is 0 Å². The molecule has 0 fully saturated rings. The molecule has 0 aromatic heterocycles. The summed E-state index contributed by atoms with van der Waals surface area (Å²) < 4.78 is 0. The first kappa shape index (κ1) is 7.92. The van der Waals surface area contributed by atoms with Crippen LogP contribution in [0.5, 0.6) is 0 Å². The van der Waals surface area contributed by atoms with Gasteiger partial charge in [0.05, 0.1) is 0 Å². The van der Waals surface area contributed by atoms with Crippen LogP contribution >= 0.6 is 15.9 Å². The molecule has 0 saturated heterocycles. The molecule has 0 aliphatic carbocycles. The Balaban J connectivity index is 2.55. The molecule has 1 aliphatic rings. The fourth-order valence-corrected chi connectivity index (χ4v) is 1.79. The lowest BCUT2D eigenvalue weighted by molar-refractivity contribution is 0.281. The third kappa shape index (κ3) is 1.66. The summed E-state index contributed by atoms with van der Waals surface area (Å²) in [6.07, 6.45) is 4.06. The molecule has 2 nitrogen and oxygen atoms in total. The molecule has 0 amide bonds. The third-order valence-corrected chi connectivity index (χ3v) is 2.37. The smallest absolute Gasteiger partial charge is 0.102 e. The Bertz CT molecular complexity index is 134. The highest BCUT2D eigenvalue weighted by atomic mass is 79.9. The minimum Gasteiger partial charge on any atom is -0.387 e. The van der Waals surface area contributed by atoms with Crippen LogP contribution in [0.4, 0.5) is 0 Å². The number of nitrogens with zero attached hydrogens (tertiary/aromatic N) is 1. The van der Waals surface area contributed by atoms with Gasteiger partial charge in [-0.1, -0.05) is 15.9 Å². The first-order chi connectivity index (χ1) is 4.72. The Hall–Kier alpha value is -0.180. The second-order valence-electron chi connectivity index (χ2n) is 2.70. The zero-order chi connectivity index (χ0) is 7.56. The number of halogens is 1. The van der Waals surface area contributed by atoms with Gasteiger partial charge >= 0.3 is 0 Å². The Morgan fingerprint density at radius 3 is 2.80 bits per heavy atom. The van der Waals surface area contributed by atoms with E-state index in [2.05, 4.69) is 46.2 Å². The molecule has 10 heavy (non-hydrogen) atoms. The van der Waals surface area contributed by atoms with Crippen LogP contribution in [0.1, 0.15) is 13.8 Å². The quantitative estimate of drug-likeness (QED) is 0.515. The maximum atomic E-state index is 3.57. The van der Waals surface area contributed by atoms with Crippen molar-refractivity contribution in [1.82, 2.24) is 10.2 Å². The van der Waals surface area contributed by atoms with Crippen molar-refractivity contribution < 1.29 is 0 Å². The average Bonchev–Trinajstić information content (AvgIpc) is 1.88. The van der Waals surface area contributed by atoms with Crippen molar-refractivity contribution in [3.63, 3.8) is 0 Å². The van der Waals surface area contributed by atoms with Gasteiger partial charge in [-0.3, -0.25) is 0 Å². The van der Waals surface area contributed by atoms with E-state index in [4.69, 9.17) is 0 Å². The molecule has 1 aliphatic heterocycles. The first-order valence-corrected chi connectivity index (χ1v) is 4.45. The highest BCUT2D eigenvalue weighted by Gasteiger charge is 2.16. The molecule has 58 valence electrons. The van der Waals surface area contributed by atoms with Crippen LogP contribution in [0, 0.1) is 0 Å². The zero-order valence-electron chi connectivity index (χ0n) is 6.34. The normalized spacial score (nSPS) is 25.2. The van der Waals surface area contributed by atoms with Crippen molar-refractivity contribution in [2.45, 2.75) is 24.8 Å². The molecular formula is C7H13BrN2. The van der Waals surface area contributed by atoms with E-state index in [0.29, 0.717) is 11.0 Å². The van der Waals surface area contributed by atoms with Gasteiger partial charge in [0.15, 0.2) is 0 Å². The molecule has 0 saturated carbocycles. The van der Waals surface area contributed by atoms with E-state index in [-0.39, 0.29) is 0 Å². The van der Waals surface area contributed by atoms with E-state index in [1.54, 1.807) is 0 Å². The van der Waals surface area contributed by atoms with E-state index >= 15 is 0 Å². The lowest BCUT2D eigenvalue weighted by Gasteiger charge is -2.33. The van der Waals surface area contributed by atoms with Gasteiger partial charge in [0.1, 0.15) is 4.95 Å². The summed E-state index contributed by atoms with van der Waals surface area (Å²) in [6, 6.07) is 0.572. The number of alkyl halides is 1. The predicted octanol–water partition coefficient (Wildman–Crippen LogP) is 1.49. The first-order valence-electron chi connectivity index (χ1n) is 3.53. The zero-order valence-corrected chi connectivity index (χ0v) is 7.93. The minimum atomic E-state index is 0.442. The van der Waals surface area contributed by atoms with Gasteiger partial charge in [-0.05, 0) is 13.8 Å². The maximum Gasteiger partial charge on any atom is 0.102 e. The van der Waals surface area contributed by atoms with Gasteiger partial charge in [0, 0.05) is 25.0 Å².